The second-order valence-electron chi connectivity index (χ2n) is 7.74. The van der Waals surface area contributed by atoms with Gasteiger partial charge >= 0.3 is 6.03 Å². The molecule has 3 saturated heterocycles. The summed E-state index contributed by atoms with van der Waals surface area (Å²) >= 11 is 7.21. The minimum atomic E-state index is -0.125. The van der Waals surface area contributed by atoms with Crippen LogP contribution in [-0.4, -0.2) is 68.3 Å². The Balaban J connectivity index is 1.26. The number of nitrogens with zero attached hydrogens (tertiary/aromatic N) is 3. The molecule has 2 atom stereocenters. The van der Waals surface area contributed by atoms with E-state index in [0.29, 0.717) is 22.3 Å². The van der Waals surface area contributed by atoms with Gasteiger partial charge in [-0.3, -0.25) is 9.69 Å². The molecule has 0 aliphatic carbocycles. The van der Waals surface area contributed by atoms with Crippen LogP contribution in [-0.2, 0) is 4.74 Å². The molecule has 7 nitrogen and oxygen atoms in total. The van der Waals surface area contributed by atoms with E-state index in [1.807, 2.05) is 21.9 Å². The van der Waals surface area contributed by atoms with Crippen LogP contribution in [0.2, 0.25) is 4.34 Å². The molecule has 158 valence electrons. The Morgan fingerprint density at radius 1 is 1.07 bits per heavy atom. The number of hydrogen-bond donors (Lipinski definition) is 1. The summed E-state index contributed by atoms with van der Waals surface area (Å²) in [6.45, 7) is 4.48. The van der Waals surface area contributed by atoms with E-state index in [1.165, 1.54) is 11.3 Å². The maximum atomic E-state index is 13.0. The highest BCUT2D eigenvalue weighted by Crippen LogP contribution is 2.32. The number of benzene rings is 1. The van der Waals surface area contributed by atoms with Crippen molar-refractivity contribution >= 4 is 46.3 Å². The van der Waals surface area contributed by atoms with Crippen LogP contribution in [0.3, 0.4) is 0 Å². The number of fused-ring (bicyclic) bond motifs is 1. The van der Waals surface area contributed by atoms with Gasteiger partial charge in [-0.25, -0.2) is 4.79 Å². The molecule has 4 heterocycles. The molecular weight excluding hydrogens is 424 g/mol. The van der Waals surface area contributed by atoms with E-state index < -0.39 is 0 Å². The van der Waals surface area contributed by atoms with Crippen molar-refractivity contribution in [1.82, 2.24) is 10.2 Å². The van der Waals surface area contributed by atoms with Gasteiger partial charge in [0.05, 0.1) is 41.1 Å². The van der Waals surface area contributed by atoms with E-state index in [9.17, 15) is 9.59 Å². The molecule has 2 aromatic rings. The highest BCUT2D eigenvalue weighted by molar-refractivity contribution is 7.18. The normalized spacial score (nSPS) is 23.8. The molecule has 3 aliphatic rings. The molecule has 3 fully saturated rings. The number of halogens is 1. The van der Waals surface area contributed by atoms with Gasteiger partial charge in [0, 0.05) is 31.0 Å². The van der Waals surface area contributed by atoms with Crippen LogP contribution >= 0.6 is 22.9 Å². The third-order valence-electron chi connectivity index (χ3n) is 6.04. The van der Waals surface area contributed by atoms with E-state index in [0.717, 1.165) is 44.1 Å². The molecule has 9 heteroatoms. The van der Waals surface area contributed by atoms with Crippen molar-refractivity contribution < 1.29 is 14.3 Å². The first-order chi connectivity index (χ1) is 14.6. The maximum absolute atomic E-state index is 13.0. The Bertz CT molecular complexity index is 944. The van der Waals surface area contributed by atoms with Crippen molar-refractivity contribution in [3.63, 3.8) is 0 Å². The molecule has 1 aromatic carbocycles. The number of nitrogens with one attached hydrogen (secondary N) is 1. The van der Waals surface area contributed by atoms with Gasteiger partial charge in [-0.1, -0.05) is 11.6 Å². The van der Waals surface area contributed by atoms with Crippen LogP contribution in [0.15, 0.2) is 36.4 Å². The largest absolute Gasteiger partial charge is 0.378 e. The molecule has 1 aromatic heterocycles. The summed E-state index contributed by atoms with van der Waals surface area (Å²) in [5.74, 6) is -0.125. The van der Waals surface area contributed by atoms with Gasteiger partial charge in [0.15, 0.2) is 0 Å². The lowest BCUT2D eigenvalue weighted by atomic mass is 10.1. The summed E-state index contributed by atoms with van der Waals surface area (Å²) in [7, 11) is 0. The van der Waals surface area contributed by atoms with E-state index in [-0.39, 0.29) is 24.0 Å². The fourth-order valence-corrected chi connectivity index (χ4v) is 5.41. The second-order valence-corrected chi connectivity index (χ2v) is 9.46. The van der Waals surface area contributed by atoms with Gasteiger partial charge in [0.25, 0.3) is 5.91 Å². The highest BCUT2D eigenvalue weighted by atomic mass is 35.5. The highest BCUT2D eigenvalue weighted by Gasteiger charge is 2.46. The first kappa shape index (κ1) is 19.7. The number of anilines is 2. The van der Waals surface area contributed by atoms with Crippen molar-refractivity contribution in [3.05, 3.63) is 45.6 Å². The monoisotopic (exact) mass is 446 g/mol. The van der Waals surface area contributed by atoms with Gasteiger partial charge in [-0.05, 0) is 42.8 Å². The molecule has 0 spiro atoms. The smallest absolute Gasteiger partial charge is 0.324 e. The van der Waals surface area contributed by atoms with Crippen molar-refractivity contribution in [2.45, 2.75) is 18.5 Å². The second kappa shape index (κ2) is 8.09. The fourth-order valence-electron chi connectivity index (χ4n) is 4.46. The average Bonchev–Trinajstić information content (AvgIpc) is 3.46. The van der Waals surface area contributed by atoms with Crippen LogP contribution in [0.25, 0.3) is 0 Å². The zero-order chi connectivity index (χ0) is 20.7. The van der Waals surface area contributed by atoms with Crippen LogP contribution in [0.1, 0.15) is 16.1 Å². The number of urea groups is 1. The molecule has 5 rings (SSSR count). The Morgan fingerprint density at radius 3 is 2.50 bits per heavy atom. The summed E-state index contributed by atoms with van der Waals surface area (Å²) in [5.41, 5.74) is 2.04. The number of carbonyl (C=O) groups is 2. The molecule has 1 N–H and O–H groups in total. The van der Waals surface area contributed by atoms with Gasteiger partial charge < -0.3 is 19.9 Å². The Morgan fingerprint density at radius 2 is 1.80 bits per heavy atom. The number of hydrogen-bond acceptors (Lipinski definition) is 5. The lowest BCUT2D eigenvalue weighted by Gasteiger charge is -2.29. The fraction of sp³-hybridized carbons (Fsp3) is 0.429. The summed E-state index contributed by atoms with van der Waals surface area (Å²) in [4.78, 5) is 32.1. The van der Waals surface area contributed by atoms with E-state index >= 15 is 0 Å². The van der Waals surface area contributed by atoms with Crippen molar-refractivity contribution in [1.29, 1.82) is 0 Å². The Kier molecular flexibility index (Phi) is 5.30. The molecule has 0 saturated carbocycles. The zero-order valence-corrected chi connectivity index (χ0v) is 18.0. The maximum Gasteiger partial charge on any atom is 0.324 e. The Hall–Kier alpha value is -2.29. The third kappa shape index (κ3) is 3.64. The van der Waals surface area contributed by atoms with Crippen LogP contribution < -0.4 is 15.1 Å². The SMILES string of the molecule is O=C(N[C@@H]1CCN2C(=O)N(c3ccc(N4CCOCC4)cc3)C[C@H]12)c1ccc(Cl)s1. The molecule has 0 bridgehead atoms. The van der Waals surface area contributed by atoms with Crippen LogP contribution in [0, 0.1) is 0 Å². The molecular formula is C21H23ClN4O3S. The van der Waals surface area contributed by atoms with E-state index in [4.69, 9.17) is 16.3 Å². The van der Waals surface area contributed by atoms with Crippen LogP contribution in [0.5, 0.6) is 0 Å². The Labute approximate surface area is 184 Å². The lowest BCUT2D eigenvalue weighted by molar-refractivity contribution is 0.0935. The number of amides is 3. The minimum absolute atomic E-state index is 0.00930. The van der Waals surface area contributed by atoms with E-state index in [1.54, 1.807) is 12.1 Å². The van der Waals surface area contributed by atoms with Gasteiger partial charge in [0.1, 0.15) is 0 Å². The van der Waals surface area contributed by atoms with Crippen LogP contribution in [0.4, 0.5) is 16.2 Å². The zero-order valence-electron chi connectivity index (χ0n) is 16.4. The van der Waals surface area contributed by atoms with E-state index in [2.05, 4.69) is 22.3 Å². The molecule has 0 unspecified atom stereocenters. The van der Waals surface area contributed by atoms with Gasteiger partial charge in [-0.15, -0.1) is 11.3 Å². The molecule has 3 aliphatic heterocycles. The van der Waals surface area contributed by atoms with Gasteiger partial charge in [0.2, 0.25) is 0 Å². The first-order valence-corrected chi connectivity index (χ1v) is 11.4. The number of ether oxygens (including phenoxy) is 1. The lowest BCUT2D eigenvalue weighted by Crippen LogP contribution is -2.44. The number of morpholine rings is 1. The molecule has 0 radical (unpaired) electrons. The summed E-state index contributed by atoms with van der Waals surface area (Å²) < 4.78 is 6.01. The summed E-state index contributed by atoms with van der Waals surface area (Å²) in [5, 5.41) is 3.10. The number of carbonyl (C=O) groups excluding carboxylic acids is 2. The quantitative estimate of drug-likeness (QED) is 0.784. The summed E-state index contributed by atoms with van der Waals surface area (Å²) in [6, 6.07) is 11.5. The predicted octanol–water partition coefficient (Wildman–Crippen LogP) is 3.05. The predicted molar refractivity (Wildman–Crippen MR) is 118 cm³/mol. The van der Waals surface area contributed by atoms with Gasteiger partial charge in [-0.2, -0.15) is 0 Å². The topological polar surface area (TPSA) is 65.1 Å². The average molecular weight is 447 g/mol. The molecule has 30 heavy (non-hydrogen) atoms. The number of rotatable bonds is 4. The van der Waals surface area contributed by atoms with Crippen molar-refractivity contribution in [2.24, 2.45) is 0 Å². The van der Waals surface area contributed by atoms with Crippen molar-refractivity contribution in [2.75, 3.05) is 49.2 Å². The first-order valence-electron chi connectivity index (χ1n) is 10.2. The van der Waals surface area contributed by atoms with Crippen molar-refractivity contribution in [3.8, 4) is 0 Å². The third-order valence-corrected chi connectivity index (χ3v) is 7.27. The minimum Gasteiger partial charge on any atom is -0.378 e. The summed E-state index contributed by atoms with van der Waals surface area (Å²) in [6.07, 6.45) is 0.769. The number of thiophene rings is 1. The standard InChI is InChI=1S/C21H23ClN4O3S/c22-19-6-5-18(30-19)20(27)23-16-7-8-25-17(16)13-26(21(25)28)15-3-1-14(2-4-15)24-9-11-29-12-10-24/h1-6,16-17H,7-13H2,(H,23,27)/t16-,17-/m1/s1. The molecule has 3 amide bonds.